The van der Waals surface area contributed by atoms with Crippen LogP contribution in [0.25, 0.3) is 0 Å². The zero-order valence-corrected chi connectivity index (χ0v) is 7.53. The minimum Gasteiger partial charge on any atom is -0.363 e. The van der Waals surface area contributed by atoms with Crippen LogP contribution in [0.2, 0.25) is 0 Å². The summed E-state index contributed by atoms with van der Waals surface area (Å²) in [5.74, 6) is 0.118. The third-order valence-corrected chi connectivity index (χ3v) is 2.57. The second-order valence-corrected chi connectivity index (χ2v) is 3.44. The third-order valence-electron chi connectivity index (χ3n) is 2.57. The van der Waals surface area contributed by atoms with Crippen molar-refractivity contribution >= 4 is 5.91 Å². The number of hydrogen-bond donors (Lipinski definition) is 2. The predicted octanol–water partition coefficient (Wildman–Crippen LogP) is 0.245. The standard InChI is InChI=1S/C9H13N3O/c1-12-8(13)5-6(10)9(12)7-3-2-4-11-7/h2-4,6,9,11H,5,10H2,1H3. The highest BCUT2D eigenvalue weighted by atomic mass is 16.2. The molecule has 2 rings (SSSR count). The first-order valence-corrected chi connectivity index (χ1v) is 4.34. The number of nitrogens with two attached hydrogens (primary N) is 1. The predicted molar refractivity (Wildman–Crippen MR) is 48.9 cm³/mol. The molecule has 13 heavy (non-hydrogen) atoms. The number of hydrogen-bond acceptors (Lipinski definition) is 2. The van der Waals surface area contributed by atoms with Crippen LogP contribution in [0.4, 0.5) is 0 Å². The smallest absolute Gasteiger partial charge is 0.224 e. The van der Waals surface area contributed by atoms with Crippen LogP contribution >= 0.6 is 0 Å². The average molecular weight is 179 g/mol. The number of rotatable bonds is 1. The van der Waals surface area contributed by atoms with Gasteiger partial charge in [0, 0.05) is 31.4 Å². The molecule has 1 aliphatic heterocycles. The molecule has 0 radical (unpaired) electrons. The molecule has 2 unspecified atom stereocenters. The highest BCUT2D eigenvalue weighted by Crippen LogP contribution is 2.28. The molecular weight excluding hydrogens is 166 g/mol. The van der Waals surface area contributed by atoms with Crippen molar-refractivity contribution in [3.63, 3.8) is 0 Å². The molecule has 0 bridgehead atoms. The lowest BCUT2D eigenvalue weighted by Gasteiger charge is -2.21. The summed E-state index contributed by atoms with van der Waals surface area (Å²) in [5, 5.41) is 0. The topological polar surface area (TPSA) is 62.1 Å². The highest BCUT2D eigenvalue weighted by Gasteiger charge is 2.36. The molecule has 1 fully saturated rings. The van der Waals surface area contributed by atoms with E-state index in [0.717, 1.165) is 5.69 Å². The van der Waals surface area contributed by atoms with Gasteiger partial charge in [0.05, 0.1) is 6.04 Å². The van der Waals surface area contributed by atoms with Gasteiger partial charge in [-0.25, -0.2) is 0 Å². The van der Waals surface area contributed by atoms with Crippen molar-refractivity contribution in [2.45, 2.75) is 18.5 Å². The molecule has 70 valence electrons. The number of likely N-dealkylation sites (tertiary alicyclic amines) is 1. The van der Waals surface area contributed by atoms with E-state index in [0.29, 0.717) is 6.42 Å². The largest absolute Gasteiger partial charge is 0.363 e. The maximum absolute atomic E-state index is 11.3. The van der Waals surface area contributed by atoms with Gasteiger partial charge in [-0.05, 0) is 12.1 Å². The molecule has 4 nitrogen and oxygen atoms in total. The van der Waals surface area contributed by atoms with Gasteiger partial charge in [-0.15, -0.1) is 0 Å². The minimum absolute atomic E-state index is 0.0162. The molecule has 0 saturated carbocycles. The van der Waals surface area contributed by atoms with Crippen LogP contribution in [0.15, 0.2) is 18.3 Å². The number of nitrogens with zero attached hydrogens (tertiary/aromatic N) is 1. The Morgan fingerprint density at radius 1 is 1.69 bits per heavy atom. The summed E-state index contributed by atoms with van der Waals surface area (Å²) in [6, 6.07) is 3.80. The summed E-state index contributed by atoms with van der Waals surface area (Å²) in [4.78, 5) is 16.1. The monoisotopic (exact) mass is 179 g/mol. The molecule has 1 saturated heterocycles. The second kappa shape index (κ2) is 2.88. The summed E-state index contributed by atoms with van der Waals surface area (Å²) in [6.45, 7) is 0. The van der Waals surface area contributed by atoms with E-state index < -0.39 is 0 Å². The number of aromatic nitrogens is 1. The fraction of sp³-hybridized carbons (Fsp3) is 0.444. The van der Waals surface area contributed by atoms with Gasteiger partial charge in [-0.3, -0.25) is 4.79 Å². The van der Waals surface area contributed by atoms with Gasteiger partial charge in [-0.2, -0.15) is 0 Å². The summed E-state index contributed by atoms with van der Waals surface area (Å²) in [7, 11) is 1.79. The first-order valence-electron chi connectivity index (χ1n) is 4.34. The van der Waals surface area contributed by atoms with Crippen molar-refractivity contribution < 1.29 is 4.79 Å². The lowest BCUT2D eigenvalue weighted by Crippen LogP contribution is -2.30. The Hall–Kier alpha value is -1.29. The molecule has 1 aromatic heterocycles. The van der Waals surface area contributed by atoms with Gasteiger partial charge < -0.3 is 15.6 Å². The zero-order valence-electron chi connectivity index (χ0n) is 7.53. The molecule has 1 aliphatic rings. The van der Waals surface area contributed by atoms with Gasteiger partial charge in [-0.1, -0.05) is 0 Å². The average Bonchev–Trinajstić information content (AvgIpc) is 2.63. The number of H-pyrrole nitrogens is 1. The molecule has 2 heterocycles. The Morgan fingerprint density at radius 3 is 2.92 bits per heavy atom. The molecular formula is C9H13N3O. The van der Waals surface area contributed by atoms with Crippen LogP contribution in [0.1, 0.15) is 18.2 Å². The third kappa shape index (κ3) is 1.23. The van der Waals surface area contributed by atoms with Crippen molar-refractivity contribution in [3.05, 3.63) is 24.0 Å². The first-order chi connectivity index (χ1) is 6.20. The highest BCUT2D eigenvalue weighted by molar-refractivity contribution is 5.79. The molecule has 4 heteroatoms. The number of amides is 1. The van der Waals surface area contributed by atoms with Crippen LogP contribution in [-0.4, -0.2) is 28.9 Å². The van der Waals surface area contributed by atoms with Crippen LogP contribution in [0, 0.1) is 0 Å². The van der Waals surface area contributed by atoms with Crippen LogP contribution in [-0.2, 0) is 4.79 Å². The lowest BCUT2D eigenvalue weighted by atomic mass is 10.1. The summed E-state index contributed by atoms with van der Waals surface area (Å²) >= 11 is 0. The Labute approximate surface area is 76.7 Å². The van der Waals surface area contributed by atoms with Crippen LogP contribution < -0.4 is 5.73 Å². The number of carbonyl (C=O) groups is 1. The first kappa shape index (κ1) is 8.31. The number of likely N-dealkylation sites (N-methyl/N-ethyl adjacent to an activating group) is 1. The van der Waals surface area contributed by atoms with E-state index in [2.05, 4.69) is 4.98 Å². The van der Waals surface area contributed by atoms with Crippen molar-refractivity contribution in [2.24, 2.45) is 5.73 Å². The molecule has 2 atom stereocenters. The summed E-state index contributed by atoms with van der Waals surface area (Å²) in [5.41, 5.74) is 6.88. The number of aromatic amines is 1. The summed E-state index contributed by atoms with van der Waals surface area (Å²) < 4.78 is 0. The fourth-order valence-electron chi connectivity index (χ4n) is 1.87. The Balaban J connectivity index is 2.29. The van der Waals surface area contributed by atoms with E-state index >= 15 is 0 Å². The molecule has 1 amide bonds. The molecule has 0 aliphatic carbocycles. The van der Waals surface area contributed by atoms with Crippen LogP contribution in [0.5, 0.6) is 0 Å². The van der Waals surface area contributed by atoms with Crippen molar-refractivity contribution in [3.8, 4) is 0 Å². The van der Waals surface area contributed by atoms with Crippen molar-refractivity contribution in [2.75, 3.05) is 7.05 Å². The van der Waals surface area contributed by atoms with Gasteiger partial charge in [0.15, 0.2) is 0 Å². The van der Waals surface area contributed by atoms with Gasteiger partial charge >= 0.3 is 0 Å². The number of carbonyl (C=O) groups excluding carboxylic acids is 1. The van der Waals surface area contributed by atoms with Gasteiger partial charge in [0.1, 0.15) is 0 Å². The summed E-state index contributed by atoms with van der Waals surface area (Å²) in [6.07, 6.45) is 2.29. The molecule has 0 spiro atoms. The van der Waals surface area contributed by atoms with Crippen molar-refractivity contribution in [1.29, 1.82) is 0 Å². The van der Waals surface area contributed by atoms with E-state index in [1.807, 2.05) is 18.3 Å². The molecule has 0 aromatic carbocycles. The minimum atomic E-state index is -0.0869. The maximum atomic E-state index is 11.3. The fourth-order valence-corrected chi connectivity index (χ4v) is 1.87. The van der Waals surface area contributed by atoms with E-state index in [9.17, 15) is 4.79 Å². The number of nitrogens with one attached hydrogen (secondary N) is 1. The Morgan fingerprint density at radius 2 is 2.46 bits per heavy atom. The van der Waals surface area contributed by atoms with Gasteiger partial charge in [0.2, 0.25) is 5.91 Å². The van der Waals surface area contributed by atoms with E-state index in [-0.39, 0.29) is 18.0 Å². The zero-order chi connectivity index (χ0) is 9.42. The second-order valence-electron chi connectivity index (χ2n) is 3.44. The quantitative estimate of drug-likeness (QED) is 0.649. The van der Waals surface area contributed by atoms with Crippen molar-refractivity contribution in [1.82, 2.24) is 9.88 Å². The van der Waals surface area contributed by atoms with Gasteiger partial charge in [0.25, 0.3) is 0 Å². The molecule has 1 aromatic rings. The van der Waals surface area contributed by atoms with E-state index in [1.54, 1.807) is 11.9 Å². The maximum Gasteiger partial charge on any atom is 0.224 e. The van der Waals surface area contributed by atoms with E-state index in [1.165, 1.54) is 0 Å². The SMILES string of the molecule is CN1C(=O)CC(N)C1c1ccc[nH]1. The Bertz CT molecular complexity index is 307. The van der Waals surface area contributed by atoms with Crippen LogP contribution in [0.3, 0.4) is 0 Å². The van der Waals surface area contributed by atoms with E-state index in [4.69, 9.17) is 5.73 Å². The lowest BCUT2D eigenvalue weighted by molar-refractivity contribution is -0.127. The molecule has 3 N–H and O–H groups in total. The normalized spacial score (nSPS) is 28.5. The Kier molecular flexibility index (Phi) is 1.84.